The van der Waals surface area contributed by atoms with E-state index in [-0.39, 0.29) is 25.6 Å². The van der Waals surface area contributed by atoms with Gasteiger partial charge in [0.15, 0.2) is 0 Å². The molecule has 0 fully saturated rings. The number of rotatable bonds is 32. The third-order valence-corrected chi connectivity index (χ3v) is 5.53. The van der Waals surface area contributed by atoms with Crippen LogP contribution in [0, 0.1) is 0 Å². The standard InChI is InChI=1S/C33H54O14/c1-33(2,3)47-30(34)9-10-37-11-12-38-13-14-39-15-16-40-17-18-41-19-20-42-21-22-43-23-24-44-25-26-45-27-28-46-32(36)31(35)29-7-5-4-6-8-29/h4-8H,9-28H2,1-3H3. The molecule has 0 atom stereocenters. The molecule has 0 saturated heterocycles. The van der Waals surface area contributed by atoms with Gasteiger partial charge in [-0.2, -0.15) is 0 Å². The maximum absolute atomic E-state index is 11.9. The smallest absolute Gasteiger partial charge is 0.379 e. The minimum Gasteiger partial charge on any atom is -0.460 e. The second-order valence-corrected chi connectivity index (χ2v) is 10.7. The van der Waals surface area contributed by atoms with Gasteiger partial charge in [-0.15, -0.1) is 0 Å². The molecule has 14 nitrogen and oxygen atoms in total. The van der Waals surface area contributed by atoms with Crippen molar-refractivity contribution in [3.63, 3.8) is 0 Å². The Labute approximate surface area is 278 Å². The molecular weight excluding hydrogens is 620 g/mol. The van der Waals surface area contributed by atoms with Gasteiger partial charge in [-0.25, -0.2) is 4.79 Å². The lowest BCUT2D eigenvalue weighted by atomic mass is 10.1. The van der Waals surface area contributed by atoms with E-state index in [4.69, 9.17) is 52.1 Å². The van der Waals surface area contributed by atoms with Crippen LogP contribution in [0.15, 0.2) is 30.3 Å². The molecule has 0 aliphatic heterocycles. The molecule has 1 aromatic carbocycles. The van der Waals surface area contributed by atoms with Gasteiger partial charge in [-0.05, 0) is 20.8 Å². The summed E-state index contributed by atoms with van der Waals surface area (Å²) in [7, 11) is 0. The van der Waals surface area contributed by atoms with Crippen LogP contribution in [0.4, 0.5) is 0 Å². The lowest BCUT2D eigenvalue weighted by molar-refractivity contribution is -0.156. The molecule has 0 unspecified atom stereocenters. The van der Waals surface area contributed by atoms with Crippen LogP contribution in [-0.4, -0.2) is 149 Å². The minimum absolute atomic E-state index is 0.00664. The van der Waals surface area contributed by atoms with Crippen molar-refractivity contribution in [2.24, 2.45) is 0 Å². The predicted molar refractivity (Wildman–Crippen MR) is 170 cm³/mol. The highest BCUT2D eigenvalue weighted by atomic mass is 16.6. The lowest BCUT2D eigenvalue weighted by Crippen LogP contribution is -2.24. The van der Waals surface area contributed by atoms with Crippen LogP contribution in [-0.2, 0) is 61.7 Å². The van der Waals surface area contributed by atoms with E-state index in [0.29, 0.717) is 118 Å². The molecule has 0 aromatic heterocycles. The van der Waals surface area contributed by atoms with Gasteiger partial charge in [0.25, 0.3) is 5.78 Å². The number of esters is 2. The topological polar surface area (TPSA) is 153 Å². The summed E-state index contributed by atoms with van der Waals surface area (Å²) in [4.78, 5) is 35.2. The molecule has 14 heteroatoms. The van der Waals surface area contributed by atoms with Crippen molar-refractivity contribution in [1.29, 1.82) is 0 Å². The lowest BCUT2D eigenvalue weighted by Gasteiger charge is -2.19. The summed E-state index contributed by atoms with van der Waals surface area (Å²) in [5.74, 6) is -1.85. The first-order valence-corrected chi connectivity index (χ1v) is 16.0. The van der Waals surface area contributed by atoms with Crippen LogP contribution in [0.3, 0.4) is 0 Å². The molecule has 47 heavy (non-hydrogen) atoms. The molecule has 0 saturated carbocycles. The Kier molecular flexibility index (Phi) is 26.8. The quantitative estimate of drug-likeness (QED) is 0.0475. The average molecular weight is 675 g/mol. The van der Waals surface area contributed by atoms with Gasteiger partial charge in [0, 0.05) is 5.56 Å². The van der Waals surface area contributed by atoms with Gasteiger partial charge in [-0.1, -0.05) is 30.3 Å². The van der Waals surface area contributed by atoms with Crippen molar-refractivity contribution in [3.05, 3.63) is 35.9 Å². The van der Waals surface area contributed by atoms with Gasteiger partial charge >= 0.3 is 11.9 Å². The largest absolute Gasteiger partial charge is 0.460 e. The van der Waals surface area contributed by atoms with Crippen LogP contribution in [0.2, 0.25) is 0 Å². The second-order valence-electron chi connectivity index (χ2n) is 10.7. The normalized spacial score (nSPS) is 11.5. The maximum Gasteiger partial charge on any atom is 0.379 e. The van der Waals surface area contributed by atoms with Gasteiger partial charge in [0.05, 0.1) is 125 Å². The molecule has 0 N–H and O–H groups in total. The van der Waals surface area contributed by atoms with Crippen molar-refractivity contribution in [1.82, 2.24) is 0 Å². The number of Topliss-reactive ketones (excluding diaryl/α,β-unsaturated/α-hetero) is 1. The molecule has 270 valence electrons. The number of carbonyl (C=O) groups excluding carboxylic acids is 3. The van der Waals surface area contributed by atoms with Crippen LogP contribution >= 0.6 is 0 Å². The maximum atomic E-state index is 11.9. The number of carbonyl (C=O) groups is 3. The number of hydrogen-bond donors (Lipinski definition) is 0. The van der Waals surface area contributed by atoms with E-state index in [9.17, 15) is 14.4 Å². The van der Waals surface area contributed by atoms with Gasteiger partial charge in [-0.3, -0.25) is 9.59 Å². The Balaban J connectivity index is 1.69. The second kappa shape index (κ2) is 29.6. The van der Waals surface area contributed by atoms with E-state index in [1.165, 1.54) is 0 Å². The highest BCUT2D eigenvalue weighted by Gasteiger charge is 2.17. The molecule has 0 heterocycles. The summed E-state index contributed by atoms with van der Waals surface area (Å²) in [6.07, 6.45) is 0.223. The van der Waals surface area contributed by atoms with Crippen LogP contribution in [0.25, 0.3) is 0 Å². The Hall–Kier alpha value is -2.53. The zero-order valence-corrected chi connectivity index (χ0v) is 28.2. The van der Waals surface area contributed by atoms with Crippen LogP contribution in [0.1, 0.15) is 37.6 Å². The number of ether oxygens (including phenoxy) is 11. The van der Waals surface area contributed by atoms with E-state index >= 15 is 0 Å². The van der Waals surface area contributed by atoms with Crippen molar-refractivity contribution in [3.8, 4) is 0 Å². The molecule has 0 aliphatic carbocycles. The van der Waals surface area contributed by atoms with E-state index in [1.54, 1.807) is 30.3 Å². The summed E-state index contributed by atoms with van der Waals surface area (Å²) >= 11 is 0. The fourth-order valence-electron chi connectivity index (χ4n) is 3.38. The minimum atomic E-state index is -0.901. The van der Waals surface area contributed by atoms with E-state index in [0.717, 1.165) is 0 Å². The summed E-state index contributed by atoms with van der Waals surface area (Å²) in [6, 6.07) is 8.24. The molecule has 0 bridgehead atoms. The van der Waals surface area contributed by atoms with E-state index in [2.05, 4.69) is 0 Å². The summed E-state index contributed by atoms with van der Waals surface area (Å²) in [5.41, 5.74) is -0.189. The average Bonchev–Trinajstić information content (AvgIpc) is 3.04. The zero-order valence-electron chi connectivity index (χ0n) is 28.2. The SMILES string of the molecule is CC(C)(C)OC(=O)CCOCCOCCOCCOCCOCCOCCOCCOCCOCCOC(=O)C(=O)c1ccccc1. The molecule has 0 aliphatic rings. The molecule has 1 rings (SSSR count). The third-order valence-electron chi connectivity index (χ3n) is 5.53. The summed E-state index contributed by atoms with van der Waals surface area (Å²) in [6.45, 7) is 13.0. The van der Waals surface area contributed by atoms with Gasteiger partial charge < -0.3 is 52.1 Å². The van der Waals surface area contributed by atoms with Crippen molar-refractivity contribution in [2.45, 2.75) is 32.8 Å². The van der Waals surface area contributed by atoms with Crippen LogP contribution < -0.4 is 0 Å². The van der Waals surface area contributed by atoms with Crippen molar-refractivity contribution in [2.75, 3.05) is 126 Å². The Morgan fingerprint density at radius 3 is 1.13 bits per heavy atom. The molecule has 0 spiro atoms. The van der Waals surface area contributed by atoms with E-state index in [1.807, 2.05) is 20.8 Å². The number of benzene rings is 1. The Morgan fingerprint density at radius 1 is 0.468 bits per heavy atom. The fraction of sp³-hybridized carbons (Fsp3) is 0.727. The monoisotopic (exact) mass is 674 g/mol. The van der Waals surface area contributed by atoms with Gasteiger partial charge in [0.1, 0.15) is 12.2 Å². The summed E-state index contributed by atoms with van der Waals surface area (Å²) in [5, 5.41) is 0. The summed E-state index contributed by atoms with van der Waals surface area (Å²) < 4.78 is 58.8. The Morgan fingerprint density at radius 2 is 0.787 bits per heavy atom. The third kappa shape index (κ3) is 28.2. The zero-order chi connectivity index (χ0) is 34.3. The highest BCUT2D eigenvalue weighted by molar-refractivity contribution is 6.40. The first-order valence-electron chi connectivity index (χ1n) is 16.0. The number of ketones is 1. The molecular formula is C33H54O14. The van der Waals surface area contributed by atoms with E-state index < -0.39 is 17.4 Å². The fourth-order valence-corrected chi connectivity index (χ4v) is 3.38. The van der Waals surface area contributed by atoms with Crippen molar-refractivity contribution >= 4 is 17.7 Å². The first-order chi connectivity index (χ1) is 22.8. The highest BCUT2D eigenvalue weighted by Crippen LogP contribution is 2.08. The van der Waals surface area contributed by atoms with Crippen LogP contribution in [0.5, 0.6) is 0 Å². The predicted octanol–water partition coefficient (Wildman–Crippen LogP) is 2.29. The van der Waals surface area contributed by atoms with Gasteiger partial charge in [0.2, 0.25) is 0 Å². The number of hydrogen-bond acceptors (Lipinski definition) is 14. The molecule has 1 aromatic rings. The molecule has 0 amide bonds. The Bertz CT molecular complexity index is 906. The van der Waals surface area contributed by atoms with Crippen molar-refractivity contribution < 1.29 is 66.5 Å². The molecule has 0 radical (unpaired) electrons. The first kappa shape index (κ1) is 42.5.